The standard InChI is InChI=1S/C39H72/c1-4-6-8-10-12-14-16-18-20-22-24-26-28-30-34-38-35-32-33-37(3)39(38)36-31-29-27-25-23-21-19-17-15-13-11-9-7-5-2/h32-33,35H,4-31,34,36H2,1-3H3. The van der Waals surface area contributed by atoms with Crippen LogP contribution in [0.4, 0.5) is 0 Å². The topological polar surface area (TPSA) is 0 Å². The zero-order chi connectivity index (χ0) is 28.1. The van der Waals surface area contributed by atoms with Gasteiger partial charge in [0.25, 0.3) is 0 Å². The Bertz CT molecular complexity index is 614. The van der Waals surface area contributed by atoms with Gasteiger partial charge < -0.3 is 0 Å². The summed E-state index contributed by atoms with van der Waals surface area (Å²) < 4.78 is 0. The largest absolute Gasteiger partial charge is 0.0654 e. The van der Waals surface area contributed by atoms with Crippen molar-refractivity contribution in [3.05, 3.63) is 34.9 Å². The molecule has 0 unspecified atom stereocenters. The Morgan fingerprint density at radius 1 is 0.359 bits per heavy atom. The molecule has 0 spiro atoms. The molecule has 0 aliphatic rings. The van der Waals surface area contributed by atoms with Gasteiger partial charge in [-0.1, -0.05) is 199 Å². The van der Waals surface area contributed by atoms with E-state index in [1.165, 1.54) is 198 Å². The summed E-state index contributed by atoms with van der Waals surface area (Å²) >= 11 is 0. The van der Waals surface area contributed by atoms with Crippen LogP contribution in [0.5, 0.6) is 0 Å². The quantitative estimate of drug-likeness (QED) is 0.0851. The molecule has 0 atom stereocenters. The van der Waals surface area contributed by atoms with E-state index < -0.39 is 0 Å². The highest BCUT2D eigenvalue weighted by molar-refractivity contribution is 5.34. The maximum absolute atomic E-state index is 2.42. The lowest BCUT2D eigenvalue weighted by Gasteiger charge is -2.13. The molecular weight excluding hydrogens is 468 g/mol. The Morgan fingerprint density at radius 3 is 1.03 bits per heavy atom. The maximum Gasteiger partial charge on any atom is -0.0274 e. The van der Waals surface area contributed by atoms with Gasteiger partial charge in [0.15, 0.2) is 0 Å². The first-order valence-corrected chi connectivity index (χ1v) is 18.4. The van der Waals surface area contributed by atoms with Gasteiger partial charge in [-0.15, -0.1) is 0 Å². The van der Waals surface area contributed by atoms with Crippen LogP contribution in [0.25, 0.3) is 0 Å². The van der Waals surface area contributed by atoms with Crippen molar-refractivity contribution in [2.75, 3.05) is 0 Å². The van der Waals surface area contributed by atoms with Crippen molar-refractivity contribution >= 4 is 0 Å². The number of hydrogen-bond donors (Lipinski definition) is 0. The normalized spacial score (nSPS) is 11.5. The van der Waals surface area contributed by atoms with Crippen LogP contribution in [0.1, 0.15) is 210 Å². The highest BCUT2D eigenvalue weighted by Crippen LogP contribution is 2.21. The van der Waals surface area contributed by atoms with E-state index in [2.05, 4.69) is 39.0 Å². The van der Waals surface area contributed by atoms with Crippen LogP contribution in [0.2, 0.25) is 0 Å². The third-order valence-corrected chi connectivity index (χ3v) is 9.09. The fraction of sp³-hybridized carbons (Fsp3) is 0.846. The van der Waals surface area contributed by atoms with Gasteiger partial charge in [0.1, 0.15) is 0 Å². The molecule has 0 aliphatic carbocycles. The van der Waals surface area contributed by atoms with Crippen LogP contribution in [-0.2, 0) is 12.8 Å². The minimum absolute atomic E-state index is 1.30. The minimum Gasteiger partial charge on any atom is -0.0654 e. The Morgan fingerprint density at radius 2 is 0.667 bits per heavy atom. The van der Waals surface area contributed by atoms with Gasteiger partial charge in [0, 0.05) is 0 Å². The van der Waals surface area contributed by atoms with E-state index in [1.807, 2.05) is 0 Å². The van der Waals surface area contributed by atoms with Gasteiger partial charge in [-0.2, -0.15) is 0 Å². The van der Waals surface area contributed by atoms with E-state index in [-0.39, 0.29) is 0 Å². The first-order chi connectivity index (χ1) is 19.3. The predicted molar refractivity (Wildman–Crippen MR) is 179 cm³/mol. The molecule has 0 amide bonds. The number of benzene rings is 1. The van der Waals surface area contributed by atoms with Gasteiger partial charge in [-0.05, 0) is 49.3 Å². The summed E-state index contributed by atoms with van der Waals surface area (Å²) in [6, 6.07) is 7.06. The van der Waals surface area contributed by atoms with E-state index in [9.17, 15) is 0 Å². The van der Waals surface area contributed by atoms with Crippen molar-refractivity contribution in [2.24, 2.45) is 0 Å². The van der Waals surface area contributed by atoms with Crippen molar-refractivity contribution in [1.82, 2.24) is 0 Å². The molecule has 0 aromatic heterocycles. The second kappa shape index (κ2) is 28.7. The predicted octanol–water partition coefficient (Wildman–Crippen LogP) is 14.0. The molecule has 1 rings (SSSR count). The first-order valence-electron chi connectivity index (χ1n) is 18.4. The molecular formula is C39H72. The third kappa shape index (κ3) is 22.6. The fourth-order valence-electron chi connectivity index (χ4n) is 6.36. The van der Waals surface area contributed by atoms with E-state index in [1.54, 1.807) is 11.1 Å². The molecule has 0 saturated heterocycles. The number of rotatable bonds is 30. The molecule has 39 heavy (non-hydrogen) atoms. The van der Waals surface area contributed by atoms with Crippen molar-refractivity contribution in [2.45, 2.75) is 213 Å². The minimum atomic E-state index is 1.30. The first kappa shape index (κ1) is 36.2. The van der Waals surface area contributed by atoms with Gasteiger partial charge in [0.2, 0.25) is 0 Å². The van der Waals surface area contributed by atoms with Crippen LogP contribution < -0.4 is 0 Å². The van der Waals surface area contributed by atoms with E-state index in [4.69, 9.17) is 0 Å². The second-order valence-corrected chi connectivity index (χ2v) is 12.9. The molecule has 0 heteroatoms. The number of unbranched alkanes of at least 4 members (excludes halogenated alkanes) is 26. The highest BCUT2D eigenvalue weighted by atomic mass is 14.1. The highest BCUT2D eigenvalue weighted by Gasteiger charge is 2.06. The summed E-state index contributed by atoms with van der Waals surface area (Å²) in [7, 11) is 0. The molecule has 1 aromatic rings. The third-order valence-electron chi connectivity index (χ3n) is 9.09. The van der Waals surface area contributed by atoms with E-state index in [0.717, 1.165) is 0 Å². The smallest absolute Gasteiger partial charge is 0.0274 e. The summed E-state index contributed by atoms with van der Waals surface area (Å²) in [6.07, 6.45) is 43.1. The van der Waals surface area contributed by atoms with Gasteiger partial charge in [-0.3, -0.25) is 0 Å². The molecule has 0 fully saturated rings. The Balaban J connectivity index is 1.99. The van der Waals surface area contributed by atoms with Crippen LogP contribution in [0.15, 0.2) is 18.2 Å². The molecule has 0 N–H and O–H groups in total. The van der Waals surface area contributed by atoms with Crippen molar-refractivity contribution in [1.29, 1.82) is 0 Å². The summed E-state index contributed by atoms with van der Waals surface area (Å²) in [5.74, 6) is 0. The summed E-state index contributed by atoms with van der Waals surface area (Å²) in [5, 5.41) is 0. The second-order valence-electron chi connectivity index (χ2n) is 12.9. The van der Waals surface area contributed by atoms with Gasteiger partial charge in [0.05, 0.1) is 0 Å². The van der Waals surface area contributed by atoms with Crippen LogP contribution in [0.3, 0.4) is 0 Å². The maximum atomic E-state index is 2.42. The average molecular weight is 541 g/mol. The molecule has 0 nitrogen and oxygen atoms in total. The summed E-state index contributed by atoms with van der Waals surface area (Å²) in [6.45, 7) is 6.96. The SMILES string of the molecule is CCCCCCCCCCCCCCCCc1cccc(C)c1CCCCCCCCCCCCCCCC. The van der Waals surface area contributed by atoms with Crippen LogP contribution in [-0.4, -0.2) is 0 Å². The Labute approximate surface area is 247 Å². The summed E-state index contributed by atoms with van der Waals surface area (Å²) in [5.41, 5.74) is 4.88. The molecule has 0 aliphatic heterocycles. The zero-order valence-corrected chi connectivity index (χ0v) is 27.4. The van der Waals surface area contributed by atoms with Crippen molar-refractivity contribution in [3.8, 4) is 0 Å². The lowest BCUT2D eigenvalue weighted by atomic mass is 9.93. The fourth-order valence-corrected chi connectivity index (χ4v) is 6.36. The number of aryl methyl sites for hydroxylation is 2. The van der Waals surface area contributed by atoms with Crippen LogP contribution in [0, 0.1) is 6.92 Å². The lowest BCUT2D eigenvalue weighted by molar-refractivity contribution is 0.534. The molecule has 228 valence electrons. The zero-order valence-electron chi connectivity index (χ0n) is 27.4. The Kier molecular flexibility index (Phi) is 26.7. The average Bonchev–Trinajstić information content (AvgIpc) is 2.94. The molecule has 0 radical (unpaired) electrons. The van der Waals surface area contributed by atoms with E-state index in [0.29, 0.717) is 0 Å². The number of hydrogen-bond acceptors (Lipinski definition) is 0. The molecule has 0 saturated carbocycles. The van der Waals surface area contributed by atoms with Crippen molar-refractivity contribution in [3.63, 3.8) is 0 Å². The molecule has 0 bridgehead atoms. The summed E-state index contributed by atoms with van der Waals surface area (Å²) in [4.78, 5) is 0. The van der Waals surface area contributed by atoms with Gasteiger partial charge in [-0.25, -0.2) is 0 Å². The monoisotopic (exact) mass is 541 g/mol. The van der Waals surface area contributed by atoms with Crippen LogP contribution >= 0.6 is 0 Å². The molecule has 0 heterocycles. The van der Waals surface area contributed by atoms with Gasteiger partial charge >= 0.3 is 0 Å². The van der Waals surface area contributed by atoms with E-state index >= 15 is 0 Å². The molecule has 1 aromatic carbocycles. The lowest BCUT2D eigenvalue weighted by Crippen LogP contribution is -1.98. The Hall–Kier alpha value is -0.780. The van der Waals surface area contributed by atoms with Crippen molar-refractivity contribution < 1.29 is 0 Å².